The Bertz CT molecular complexity index is 511. The number of nitrogens with one attached hydrogen (secondary N) is 1. The van der Waals surface area contributed by atoms with Crippen molar-refractivity contribution in [2.75, 3.05) is 0 Å². The van der Waals surface area contributed by atoms with E-state index in [4.69, 9.17) is 17.3 Å². The van der Waals surface area contributed by atoms with Gasteiger partial charge in [0.1, 0.15) is 5.82 Å². The quantitative estimate of drug-likeness (QED) is 0.771. The van der Waals surface area contributed by atoms with Gasteiger partial charge in [0.2, 0.25) is 0 Å². The summed E-state index contributed by atoms with van der Waals surface area (Å²) in [5, 5.41) is 1.17. The first-order valence-corrected chi connectivity index (χ1v) is 5.03. The number of hydrogen-bond donors (Lipinski definition) is 2. The molecule has 15 heavy (non-hydrogen) atoms. The Balaban J connectivity index is 2.90. The molecule has 0 unspecified atom stereocenters. The second kappa shape index (κ2) is 3.22. The predicted molar refractivity (Wildman–Crippen MR) is 60.5 cm³/mol. The van der Waals surface area contributed by atoms with Crippen LogP contribution in [0.5, 0.6) is 0 Å². The SMILES string of the molecule is CC(C)(N)c1c(F)ccc2[nH]cc(Cl)c12. The summed E-state index contributed by atoms with van der Waals surface area (Å²) in [6.45, 7) is 3.52. The van der Waals surface area contributed by atoms with Gasteiger partial charge in [-0.05, 0) is 26.0 Å². The van der Waals surface area contributed by atoms with E-state index in [1.807, 2.05) is 0 Å². The highest BCUT2D eigenvalue weighted by atomic mass is 35.5. The summed E-state index contributed by atoms with van der Waals surface area (Å²) in [6, 6.07) is 3.06. The highest BCUT2D eigenvalue weighted by molar-refractivity contribution is 6.35. The second-order valence-electron chi connectivity index (χ2n) is 4.20. The van der Waals surface area contributed by atoms with Gasteiger partial charge in [-0.15, -0.1) is 0 Å². The third kappa shape index (κ3) is 1.62. The molecule has 0 aliphatic heterocycles. The normalized spacial score (nSPS) is 12.3. The molecule has 0 saturated heterocycles. The molecule has 3 N–H and O–H groups in total. The van der Waals surface area contributed by atoms with E-state index in [0.717, 1.165) is 5.52 Å². The zero-order chi connectivity index (χ0) is 11.2. The van der Waals surface area contributed by atoms with Gasteiger partial charge in [0, 0.05) is 28.2 Å². The van der Waals surface area contributed by atoms with Gasteiger partial charge >= 0.3 is 0 Å². The van der Waals surface area contributed by atoms with E-state index >= 15 is 0 Å². The van der Waals surface area contributed by atoms with Crippen LogP contribution < -0.4 is 5.73 Å². The third-order valence-electron chi connectivity index (χ3n) is 2.39. The summed E-state index contributed by atoms with van der Waals surface area (Å²) >= 11 is 6.00. The van der Waals surface area contributed by atoms with Gasteiger partial charge in [0.25, 0.3) is 0 Å². The van der Waals surface area contributed by atoms with Crippen LogP contribution in [0.15, 0.2) is 18.3 Å². The predicted octanol–water partition coefficient (Wildman–Crippen LogP) is 3.15. The maximum Gasteiger partial charge on any atom is 0.129 e. The monoisotopic (exact) mass is 226 g/mol. The van der Waals surface area contributed by atoms with Crippen molar-refractivity contribution >= 4 is 22.5 Å². The molecule has 0 fully saturated rings. The summed E-state index contributed by atoms with van der Waals surface area (Å²) in [4.78, 5) is 2.97. The number of hydrogen-bond acceptors (Lipinski definition) is 1. The standard InChI is InChI=1S/C11H12ClFN2/c1-11(2,14)10-7(13)3-4-8-9(10)6(12)5-15-8/h3-5,15H,14H2,1-2H3. The van der Waals surface area contributed by atoms with Crippen LogP contribution >= 0.6 is 11.6 Å². The lowest BCUT2D eigenvalue weighted by Gasteiger charge is -2.21. The number of H-pyrrole nitrogens is 1. The molecule has 80 valence electrons. The van der Waals surface area contributed by atoms with Crippen LogP contribution in [0.1, 0.15) is 19.4 Å². The van der Waals surface area contributed by atoms with Gasteiger partial charge in [-0.3, -0.25) is 0 Å². The van der Waals surface area contributed by atoms with E-state index in [-0.39, 0.29) is 5.82 Å². The first kappa shape index (κ1) is 10.5. The maximum absolute atomic E-state index is 13.7. The average Bonchev–Trinajstić information content (AvgIpc) is 2.46. The molecule has 0 radical (unpaired) electrons. The molecule has 1 aromatic heterocycles. The minimum absolute atomic E-state index is 0.323. The van der Waals surface area contributed by atoms with Gasteiger partial charge in [0.15, 0.2) is 0 Å². The lowest BCUT2D eigenvalue weighted by atomic mass is 9.92. The number of nitrogens with two attached hydrogens (primary N) is 1. The fourth-order valence-corrected chi connectivity index (χ4v) is 2.04. The van der Waals surface area contributed by atoms with Crippen molar-refractivity contribution in [1.29, 1.82) is 0 Å². The molecule has 2 nitrogen and oxygen atoms in total. The second-order valence-corrected chi connectivity index (χ2v) is 4.61. The van der Waals surface area contributed by atoms with E-state index in [1.54, 1.807) is 26.1 Å². The van der Waals surface area contributed by atoms with E-state index in [2.05, 4.69) is 4.98 Å². The number of benzene rings is 1. The van der Waals surface area contributed by atoms with Gasteiger partial charge in [0.05, 0.1) is 5.02 Å². The molecule has 0 saturated carbocycles. The minimum atomic E-state index is -0.755. The van der Waals surface area contributed by atoms with Crippen LogP contribution in [-0.4, -0.2) is 4.98 Å². The molecule has 0 bridgehead atoms. The van der Waals surface area contributed by atoms with Crippen LogP contribution in [0.3, 0.4) is 0 Å². The van der Waals surface area contributed by atoms with E-state index in [0.29, 0.717) is 16.0 Å². The molecular formula is C11H12ClFN2. The number of aromatic amines is 1. The summed E-state index contributed by atoms with van der Waals surface area (Å²) in [5.74, 6) is -0.323. The topological polar surface area (TPSA) is 41.8 Å². The Kier molecular flexibility index (Phi) is 2.24. The summed E-state index contributed by atoms with van der Waals surface area (Å²) in [5.41, 5.74) is 6.44. The smallest absolute Gasteiger partial charge is 0.129 e. The zero-order valence-corrected chi connectivity index (χ0v) is 9.32. The van der Waals surface area contributed by atoms with Crippen molar-refractivity contribution in [3.05, 3.63) is 34.7 Å². The molecule has 2 aromatic rings. The maximum atomic E-state index is 13.7. The van der Waals surface area contributed by atoms with Crippen LogP contribution in [0.4, 0.5) is 4.39 Å². The number of fused-ring (bicyclic) bond motifs is 1. The highest BCUT2D eigenvalue weighted by Crippen LogP contribution is 2.33. The molecule has 4 heteroatoms. The average molecular weight is 227 g/mol. The van der Waals surface area contributed by atoms with Gasteiger partial charge < -0.3 is 10.7 Å². The van der Waals surface area contributed by atoms with E-state index in [9.17, 15) is 4.39 Å². The summed E-state index contributed by atoms with van der Waals surface area (Å²) < 4.78 is 13.7. The minimum Gasteiger partial charge on any atom is -0.360 e. The van der Waals surface area contributed by atoms with Gasteiger partial charge in [-0.1, -0.05) is 11.6 Å². The Morgan fingerprint density at radius 2 is 2.07 bits per heavy atom. The fourth-order valence-electron chi connectivity index (χ4n) is 1.79. The Morgan fingerprint density at radius 1 is 1.40 bits per heavy atom. The van der Waals surface area contributed by atoms with E-state index < -0.39 is 5.54 Å². The fraction of sp³-hybridized carbons (Fsp3) is 0.273. The van der Waals surface area contributed by atoms with Crippen molar-refractivity contribution < 1.29 is 4.39 Å². The Hall–Kier alpha value is -1.06. The van der Waals surface area contributed by atoms with Crippen molar-refractivity contribution in [3.63, 3.8) is 0 Å². The van der Waals surface area contributed by atoms with Gasteiger partial charge in [-0.2, -0.15) is 0 Å². The Morgan fingerprint density at radius 3 is 2.67 bits per heavy atom. The number of halogens is 2. The molecule has 0 atom stereocenters. The highest BCUT2D eigenvalue weighted by Gasteiger charge is 2.23. The first-order valence-electron chi connectivity index (χ1n) is 4.65. The zero-order valence-electron chi connectivity index (χ0n) is 8.57. The number of rotatable bonds is 1. The van der Waals surface area contributed by atoms with Crippen LogP contribution in [0.2, 0.25) is 5.02 Å². The van der Waals surface area contributed by atoms with Gasteiger partial charge in [-0.25, -0.2) is 4.39 Å². The van der Waals surface area contributed by atoms with E-state index in [1.165, 1.54) is 6.07 Å². The largest absolute Gasteiger partial charge is 0.360 e. The van der Waals surface area contributed by atoms with Crippen LogP contribution in [0, 0.1) is 5.82 Å². The molecule has 2 rings (SSSR count). The molecule has 0 aliphatic carbocycles. The van der Waals surface area contributed by atoms with Crippen molar-refractivity contribution in [1.82, 2.24) is 4.98 Å². The molecule has 1 aromatic carbocycles. The van der Waals surface area contributed by atoms with Crippen molar-refractivity contribution in [2.45, 2.75) is 19.4 Å². The van der Waals surface area contributed by atoms with Crippen molar-refractivity contribution in [3.8, 4) is 0 Å². The molecule has 0 aliphatic rings. The van der Waals surface area contributed by atoms with Crippen LogP contribution in [0.25, 0.3) is 10.9 Å². The lowest BCUT2D eigenvalue weighted by Crippen LogP contribution is -2.30. The molecule has 0 amide bonds. The van der Waals surface area contributed by atoms with Crippen molar-refractivity contribution in [2.24, 2.45) is 5.73 Å². The molecule has 1 heterocycles. The van der Waals surface area contributed by atoms with Crippen LogP contribution in [-0.2, 0) is 5.54 Å². The first-order chi connectivity index (χ1) is 6.91. The molecular weight excluding hydrogens is 215 g/mol. The molecule has 0 spiro atoms. The number of aromatic nitrogens is 1. The Labute approximate surface area is 92.2 Å². The summed E-state index contributed by atoms with van der Waals surface area (Å²) in [6.07, 6.45) is 1.64. The third-order valence-corrected chi connectivity index (χ3v) is 2.69. The lowest BCUT2D eigenvalue weighted by molar-refractivity contribution is 0.507. The summed E-state index contributed by atoms with van der Waals surface area (Å²) in [7, 11) is 0.